The van der Waals surface area contributed by atoms with Crippen LogP contribution in [0.2, 0.25) is 18.1 Å². The van der Waals surface area contributed by atoms with E-state index >= 15 is 0 Å². The number of aliphatic hydroxyl groups is 1. The van der Waals surface area contributed by atoms with Crippen LogP contribution in [0.4, 0.5) is 0 Å². The van der Waals surface area contributed by atoms with Crippen LogP contribution < -0.4 is 0 Å². The molecule has 1 aromatic rings. The standard InChI is InChI=1S/C14H27IN2O2Si/c1-10(9-19-20(6,7)14(3,4)5)17-12(8-18)13(15)11(2)16-17/h10,18H,8-9H2,1-7H3/t10-/m0/s1. The Hall–Kier alpha value is 0.0769. The van der Waals surface area contributed by atoms with Gasteiger partial charge >= 0.3 is 0 Å². The van der Waals surface area contributed by atoms with Gasteiger partial charge in [0.1, 0.15) is 0 Å². The van der Waals surface area contributed by atoms with Crippen LogP contribution >= 0.6 is 22.6 Å². The van der Waals surface area contributed by atoms with Gasteiger partial charge in [0.25, 0.3) is 0 Å². The molecule has 1 heterocycles. The summed E-state index contributed by atoms with van der Waals surface area (Å²) < 4.78 is 9.21. The quantitative estimate of drug-likeness (QED) is 0.592. The molecule has 0 aromatic carbocycles. The summed E-state index contributed by atoms with van der Waals surface area (Å²) in [4.78, 5) is 0. The van der Waals surface area contributed by atoms with Crippen LogP contribution in [0.25, 0.3) is 0 Å². The Labute approximate surface area is 137 Å². The van der Waals surface area contributed by atoms with Gasteiger partial charge in [-0.05, 0) is 54.6 Å². The molecule has 20 heavy (non-hydrogen) atoms. The SMILES string of the molecule is Cc1nn([C@@H](C)CO[Si](C)(C)C(C)(C)C)c(CO)c1I. The molecule has 0 saturated heterocycles. The second-order valence-corrected chi connectivity index (χ2v) is 12.8. The second-order valence-electron chi connectivity index (χ2n) is 6.87. The van der Waals surface area contributed by atoms with Crippen molar-refractivity contribution < 1.29 is 9.53 Å². The van der Waals surface area contributed by atoms with Crippen LogP contribution in [0.5, 0.6) is 0 Å². The van der Waals surface area contributed by atoms with Gasteiger partial charge in [0, 0.05) is 0 Å². The Balaban J connectivity index is 2.83. The summed E-state index contributed by atoms with van der Waals surface area (Å²) in [6.45, 7) is 15.9. The van der Waals surface area contributed by atoms with Crippen molar-refractivity contribution in [1.82, 2.24) is 9.78 Å². The maximum absolute atomic E-state index is 9.52. The zero-order valence-electron chi connectivity index (χ0n) is 13.6. The summed E-state index contributed by atoms with van der Waals surface area (Å²) in [5, 5.41) is 14.3. The molecule has 1 N–H and O–H groups in total. The van der Waals surface area contributed by atoms with E-state index in [0.29, 0.717) is 6.61 Å². The van der Waals surface area contributed by atoms with E-state index in [4.69, 9.17) is 4.43 Å². The molecular formula is C14H27IN2O2Si. The normalized spacial score (nSPS) is 14.7. The van der Waals surface area contributed by atoms with E-state index in [0.717, 1.165) is 15.0 Å². The highest BCUT2D eigenvalue weighted by Crippen LogP contribution is 2.37. The molecular weight excluding hydrogens is 383 g/mol. The zero-order valence-corrected chi connectivity index (χ0v) is 16.8. The van der Waals surface area contributed by atoms with Crippen LogP contribution in [-0.4, -0.2) is 29.8 Å². The highest BCUT2D eigenvalue weighted by molar-refractivity contribution is 14.1. The molecule has 0 radical (unpaired) electrons. The topological polar surface area (TPSA) is 47.3 Å². The highest BCUT2D eigenvalue weighted by atomic mass is 127. The second kappa shape index (κ2) is 6.45. The van der Waals surface area contributed by atoms with Crippen molar-refractivity contribution in [3.63, 3.8) is 0 Å². The van der Waals surface area contributed by atoms with Gasteiger partial charge in [0.05, 0.1) is 34.2 Å². The molecule has 1 aromatic heterocycles. The lowest BCUT2D eigenvalue weighted by Gasteiger charge is -2.37. The Kier molecular flexibility index (Phi) is 5.85. The number of hydrogen-bond donors (Lipinski definition) is 1. The summed E-state index contributed by atoms with van der Waals surface area (Å²) >= 11 is 2.24. The molecule has 0 aliphatic heterocycles. The largest absolute Gasteiger partial charge is 0.415 e. The fourth-order valence-electron chi connectivity index (χ4n) is 1.70. The molecule has 0 saturated carbocycles. The van der Waals surface area contributed by atoms with E-state index in [1.165, 1.54) is 0 Å². The van der Waals surface area contributed by atoms with Gasteiger partial charge in [-0.1, -0.05) is 20.8 Å². The van der Waals surface area contributed by atoms with E-state index in [-0.39, 0.29) is 17.7 Å². The first kappa shape index (κ1) is 18.1. The number of nitrogens with zero attached hydrogens (tertiary/aromatic N) is 2. The predicted octanol–water partition coefficient (Wildman–Crippen LogP) is 3.87. The summed E-state index contributed by atoms with van der Waals surface area (Å²) in [6.07, 6.45) is 0. The van der Waals surface area contributed by atoms with Crippen molar-refractivity contribution >= 4 is 30.9 Å². The number of hydrogen-bond acceptors (Lipinski definition) is 3. The van der Waals surface area contributed by atoms with Crippen molar-refractivity contribution in [2.24, 2.45) is 0 Å². The van der Waals surface area contributed by atoms with Crippen molar-refractivity contribution in [3.05, 3.63) is 15.0 Å². The Morgan fingerprint density at radius 2 is 1.95 bits per heavy atom. The molecule has 0 fully saturated rings. The van der Waals surface area contributed by atoms with Crippen LogP contribution in [0.1, 0.15) is 45.1 Å². The van der Waals surface area contributed by atoms with E-state index in [9.17, 15) is 5.11 Å². The minimum absolute atomic E-state index is 0.0174. The number of rotatable bonds is 5. The van der Waals surface area contributed by atoms with E-state index < -0.39 is 8.32 Å². The zero-order chi connectivity index (χ0) is 15.7. The molecule has 0 unspecified atom stereocenters. The van der Waals surface area contributed by atoms with Crippen molar-refractivity contribution in [1.29, 1.82) is 0 Å². The van der Waals surface area contributed by atoms with Crippen molar-refractivity contribution in [3.8, 4) is 0 Å². The molecule has 1 atom stereocenters. The van der Waals surface area contributed by atoms with Gasteiger partial charge < -0.3 is 9.53 Å². The average Bonchev–Trinajstić information content (AvgIpc) is 2.61. The van der Waals surface area contributed by atoms with E-state index in [2.05, 4.69) is 68.5 Å². The van der Waals surface area contributed by atoms with E-state index in [1.807, 2.05) is 11.6 Å². The van der Waals surface area contributed by atoms with Crippen LogP contribution in [0, 0.1) is 10.5 Å². The molecule has 0 aliphatic carbocycles. The van der Waals surface area contributed by atoms with Gasteiger partial charge in [-0.3, -0.25) is 4.68 Å². The number of aliphatic hydroxyl groups excluding tert-OH is 1. The van der Waals surface area contributed by atoms with Gasteiger partial charge in [0.15, 0.2) is 8.32 Å². The summed E-state index contributed by atoms with van der Waals surface area (Å²) in [7, 11) is -1.74. The molecule has 0 amide bonds. The lowest BCUT2D eigenvalue weighted by Crippen LogP contribution is -2.42. The molecule has 4 nitrogen and oxygen atoms in total. The average molecular weight is 410 g/mol. The van der Waals surface area contributed by atoms with Gasteiger partial charge in [0.2, 0.25) is 0 Å². The Morgan fingerprint density at radius 1 is 1.40 bits per heavy atom. The molecule has 1 rings (SSSR count). The third kappa shape index (κ3) is 3.83. The third-order valence-corrected chi connectivity index (χ3v) is 10.1. The first-order valence-electron chi connectivity index (χ1n) is 6.99. The number of aromatic nitrogens is 2. The summed E-state index contributed by atoms with van der Waals surface area (Å²) in [5.74, 6) is 0. The summed E-state index contributed by atoms with van der Waals surface area (Å²) in [5.41, 5.74) is 1.85. The summed E-state index contributed by atoms with van der Waals surface area (Å²) in [6, 6.07) is 0.133. The molecule has 116 valence electrons. The first-order valence-corrected chi connectivity index (χ1v) is 11.0. The molecule has 6 heteroatoms. The minimum Gasteiger partial charge on any atom is -0.415 e. The lowest BCUT2D eigenvalue weighted by atomic mass is 10.2. The lowest BCUT2D eigenvalue weighted by molar-refractivity contribution is 0.213. The fourth-order valence-corrected chi connectivity index (χ4v) is 3.31. The van der Waals surface area contributed by atoms with Crippen LogP contribution in [0.15, 0.2) is 0 Å². The highest BCUT2D eigenvalue weighted by Gasteiger charge is 2.37. The van der Waals surface area contributed by atoms with Gasteiger partial charge in [-0.2, -0.15) is 5.10 Å². The molecule has 0 aliphatic rings. The maximum Gasteiger partial charge on any atom is 0.192 e. The monoisotopic (exact) mass is 410 g/mol. The van der Waals surface area contributed by atoms with Crippen molar-refractivity contribution in [2.45, 2.75) is 65.4 Å². The van der Waals surface area contributed by atoms with Gasteiger partial charge in [-0.25, -0.2) is 0 Å². The molecule has 0 bridgehead atoms. The number of aryl methyl sites for hydroxylation is 1. The Bertz CT molecular complexity index is 466. The third-order valence-electron chi connectivity index (χ3n) is 4.16. The van der Waals surface area contributed by atoms with Crippen molar-refractivity contribution in [2.75, 3.05) is 6.61 Å². The smallest absolute Gasteiger partial charge is 0.192 e. The number of halogens is 1. The molecule has 0 spiro atoms. The first-order chi connectivity index (χ1) is 9.01. The Morgan fingerprint density at radius 3 is 2.40 bits per heavy atom. The van der Waals surface area contributed by atoms with E-state index in [1.54, 1.807) is 0 Å². The van der Waals surface area contributed by atoms with Gasteiger partial charge in [-0.15, -0.1) is 0 Å². The maximum atomic E-state index is 9.52. The predicted molar refractivity (Wildman–Crippen MR) is 93.5 cm³/mol. The minimum atomic E-state index is -1.74. The van der Waals surface area contributed by atoms with Crippen LogP contribution in [0.3, 0.4) is 0 Å². The van der Waals surface area contributed by atoms with Crippen LogP contribution in [-0.2, 0) is 11.0 Å². The fraction of sp³-hybridized carbons (Fsp3) is 0.786.